The van der Waals surface area contributed by atoms with Crippen molar-refractivity contribution >= 4 is 5.82 Å². The summed E-state index contributed by atoms with van der Waals surface area (Å²) < 4.78 is 0. The normalized spacial score (nSPS) is 32.9. The number of nitrogens with zero attached hydrogens (tertiary/aromatic N) is 2. The highest BCUT2D eigenvalue weighted by atomic mass is 15.3. The Morgan fingerprint density at radius 1 is 1.41 bits per heavy atom. The lowest BCUT2D eigenvalue weighted by Gasteiger charge is -2.26. The molecule has 0 aromatic carbocycles. The first-order valence-electron chi connectivity index (χ1n) is 6.72. The van der Waals surface area contributed by atoms with Gasteiger partial charge in [0.2, 0.25) is 0 Å². The molecule has 3 rings (SSSR count). The van der Waals surface area contributed by atoms with Crippen LogP contribution in [0.15, 0.2) is 0 Å². The summed E-state index contributed by atoms with van der Waals surface area (Å²) in [5.41, 5.74) is 8.79. The Hall–Kier alpha value is -1.03. The van der Waals surface area contributed by atoms with E-state index < -0.39 is 0 Å². The van der Waals surface area contributed by atoms with E-state index in [1.807, 2.05) is 0 Å². The molecule has 1 aliphatic carbocycles. The Labute approximate surface area is 103 Å². The van der Waals surface area contributed by atoms with Crippen LogP contribution in [-0.4, -0.2) is 29.3 Å². The van der Waals surface area contributed by atoms with Crippen LogP contribution in [0.4, 0.5) is 5.82 Å². The highest BCUT2D eigenvalue weighted by Gasteiger charge is 2.31. The van der Waals surface area contributed by atoms with E-state index in [9.17, 15) is 0 Å². The number of nitrogens with two attached hydrogens (primary N) is 1. The van der Waals surface area contributed by atoms with Crippen LogP contribution in [0.2, 0.25) is 0 Å². The van der Waals surface area contributed by atoms with Crippen molar-refractivity contribution in [3.8, 4) is 0 Å². The summed E-state index contributed by atoms with van der Waals surface area (Å²) in [6.07, 6.45) is 3.51. The number of anilines is 1. The van der Waals surface area contributed by atoms with Gasteiger partial charge in [-0.3, -0.25) is 5.10 Å². The molecule has 1 aromatic rings. The van der Waals surface area contributed by atoms with Gasteiger partial charge in [-0.25, -0.2) is 0 Å². The predicted octanol–water partition coefficient (Wildman–Crippen LogP) is 1.63. The molecule has 4 nitrogen and oxygen atoms in total. The second kappa shape index (κ2) is 4.02. The summed E-state index contributed by atoms with van der Waals surface area (Å²) in [4.78, 5) is 2.35. The maximum absolute atomic E-state index is 5.98. The monoisotopic (exact) mass is 234 g/mol. The van der Waals surface area contributed by atoms with Crippen LogP contribution in [-0.2, 0) is 6.42 Å². The molecule has 1 fully saturated rings. The molecule has 2 heterocycles. The molecular formula is C13H22N4. The SMILES string of the molecule is CC1Cc2[nH]nc(N3CCC(N)C3)c2C(C)C1. The van der Waals surface area contributed by atoms with E-state index in [1.165, 1.54) is 23.5 Å². The van der Waals surface area contributed by atoms with E-state index in [2.05, 4.69) is 28.9 Å². The molecule has 3 N–H and O–H groups in total. The van der Waals surface area contributed by atoms with Gasteiger partial charge in [-0.2, -0.15) is 5.10 Å². The van der Waals surface area contributed by atoms with Crippen LogP contribution >= 0.6 is 0 Å². The van der Waals surface area contributed by atoms with E-state index >= 15 is 0 Å². The Bertz CT molecular complexity index is 412. The lowest BCUT2D eigenvalue weighted by atomic mass is 9.81. The molecule has 0 bridgehead atoms. The minimum Gasteiger partial charge on any atom is -0.353 e. The topological polar surface area (TPSA) is 57.9 Å². The van der Waals surface area contributed by atoms with Gasteiger partial charge >= 0.3 is 0 Å². The second-order valence-corrected chi connectivity index (χ2v) is 5.88. The first-order chi connectivity index (χ1) is 8.15. The Kier molecular flexibility index (Phi) is 2.62. The van der Waals surface area contributed by atoms with Crippen LogP contribution < -0.4 is 10.6 Å². The number of aromatic amines is 1. The summed E-state index contributed by atoms with van der Waals surface area (Å²) in [5, 5.41) is 7.79. The number of rotatable bonds is 1. The van der Waals surface area contributed by atoms with E-state index in [1.54, 1.807) is 0 Å². The molecule has 94 valence electrons. The third-order valence-electron chi connectivity index (χ3n) is 4.19. The largest absolute Gasteiger partial charge is 0.353 e. The second-order valence-electron chi connectivity index (χ2n) is 5.88. The number of hydrogen-bond acceptors (Lipinski definition) is 3. The Morgan fingerprint density at radius 2 is 2.24 bits per heavy atom. The van der Waals surface area contributed by atoms with Gasteiger partial charge in [-0.1, -0.05) is 13.8 Å². The van der Waals surface area contributed by atoms with Crippen molar-refractivity contribution in [2.24, 2.45) is 11.7 Å². The number of fused-ring (bicyclic) bond motifs is 1. The quantitative estimate of drug-likeness (QED) is 0.776. The maximum atomic E-state index is 5.98. The van der Waals surface area contributed by atoms with E-state index in [0.717, 1.165) is 31.8 Å². The molecule has 0 saturated carbocycles. The van der Waals surface area contributed by atoms with Crippen molar-refractivity contribution in [3.05, 3.63) is 11.3 Å². The summed E-state index contributed by atoms with van der Waals surface area (Å²) in [6.45, 7) is 6.66. The zero-order valence-corrected chi connectivity index (χ0v) is 10.7. The third-order valence-corrected chi connectivity index (χ3v) is 4.19. The number of hydrogen-bond donors (Lipinski definition) is 2. The fourth-order valence-electron chi connectivity index (χ4n) is 3.42. The first-order valence-corrected chi connectivity index (χ1v) is 6.72. The van der Waals surface area contributed by atoms with Crippen LogP contribution in [0.3, 0.4) is 0 Å². The summed E-state index contributed by atoms with van der Waals surface area (Å²) in [6, 6.07) is 0.320. The van der Waals surface area contributed by atoms with Crippen LogP contribution in [0, 0.1) is 5.92 Å². The standard InChI is InChI=1S/C13H22N4/c1-8-5-9(2)12-11(6-8)15-16-13(12)17-4-3-10(14)7-17/h8-10H,3-7,14H2,1-2H3,(H,15,16). The molecule has 1 aromatic heterocycles. The fourth-order valence-corrected chi connectivity index (χ4v) is 3.42. The van der Waals surface area contributed by atoms with Crippen molar-refractivity contribution in [1.29, 1.82) is 0 Å². The highest BCUT2D eigenvalue weighted by molar-refractivity contribution is 5.53. The van der Waals surface area contributed by atoms with Gasteiger partial charge in [-0.05, 0) is 31.1 Å². The lowest BCUT2D eigenvalue weighted by Crippen LogP contribution is -2.27. The summed E-state index contributed by atoms with van der Waals surface area (Å²) in [7, 11) is 0. The Morgan fingerprint density at radius 3 is 2.94 bits per heavy atom. The molecule has 2 aliphatic rings. The molecule has 1 aliphatic heterocycles. The van der Waals surface area contributed by atoms with Gasteiger partial charge in [0.25, 0.3) is 0 Å². The van der Waals surface area contributed by atoms with Gasteiger partial charge in [0.05, 0.1) is 0 Å². The average molecular weight is 234 g/mol. The van der Waals surface area contributed by atoms with Crippen LogP contribution in [0.25, 0.3) is 0 Å². The van der Waals surface area contributed by atoms with E-state index in [4.69, 9.17) is 5.73 Å². The molecule has 0 amide bonds. The lowest BCUT2D eigenvalue weighted by molar-refractivity contribution is 0.446. The van der Waals surface area contributed by atoms with Crippen molar-refractivity contribution < 1.29 is 0 Å². The molecule has 1 saturated heterocycles. The van der Waals surface area contributed by atoms with Gasteiger partial charge in [-0.15, -0.1) is 0 Å². The molecule has 17 heavy (non-hydrogen) atoms. The number of aromatic nitrogens is 2. The number of H-pyrrole nitrogens is 1. The van der Waals surface area contributed by atoms with Crippen molar-refractivity contribution in [1.82, 2.24) is 10.2 Å². The molecule has 3 unspecified atom stereocenters. The molecule has 3 atom stereocenters. The highest BCUT2D eigenvalue weighted by Crippen LogP contribution is 2.39. The summed E-state index contributed by atoms with van der Waals surface area (Å²) in [5.74, 6) is 2.57. The van der Waals surface area contributed by atoms with Crippen molar-refractivity contribution in [2.45, 2.75) is 45.1 Å². The minimum atomic E-state index is 0.320. The molecule has 4 heteroatoms. The third kappa shape index (κ3) is 1.84. The summed E-state index contributed by atoms with van der Waals surface area (Å²) >= 11 is 0. The first kappa shape index (κ1) is 11.1. The molecule has 0 radical (unpaired) electrons. The average Bonchev–Trinajstić information content (AvgIpc) is 2.83. The molecule has 0 spiro atoms. The minimum absolute atomic E-state index is 0.320. The van der Waals surface area contributed by atoms with Gasteiger partial charge < -0.3 is 10.6 Å². The van der Waals surface area contributed by atoms with Crippen molar-refractivity contribution in [2.75, 3.05) is 18.0 Å². The predicted molar refractivity (Wildman–Crippen MR) is 69.3 cm³/mol. The van der Waals surface area contributed by atoms with Gasteiger partial charge in [0.15, 0.2) is 5.82 Å². The zero-order chi connectivity index (χ0) is 12.0. The Balaban J connectivity index is 1.92. The van der Waals surface area contributed by atoms with E-state index in [0.29, 0.717) is 12.0 Å². The molecular weight excluding hydrogens is 212 g/mol. The fraction of sp³-hybridized carbons (Fsp3) is 0.769. The van der Waals surface area contributed by atoms with Gasteiger partial charge in [0.1, 0.15) is 0 Å². The number of nitrogens with one attached hydrogen (secondary N) is 1. The van der Waals surface area contributed by atoms with E-state index in [-0.39, 0.29) is 0 Å². The van der Waals surface area contributed by atoms with Crippen LogP contribution in [0.5, 0.6) is 0 Å². The smallest absolute Gasteiger partial charge is 0.154 e. The van der Waals surface area contributed by atoms with Crippen molar-refractivity contribution in [3.63, 3.8) is 0 Å². The zero-order valence-electron chi connectivity index (χ0n) is 10.7. The van der Waals surface area contributed by atoms with Crippen LogP contribution in [0.1, 0.15) is 43.9 Å². The maximum Gasteiger partial charge on any atom is 0.154 e. The van der Waals surface area contributed by atoms with Gasteiger partial charge in [0, 0.05) is 30.4 Å².